The molecule has 0 N–H and O–H groups in total. The Morgan fingerprint density at radius 3 is 2.25 bits per heavy atom. The van der Waals surface area contributed by atoms with E-state index in [1.807, 2.05) is 0 Å². The smallest absolute Gasteiger partial charge is 0.493 e. The van der Waals surface area contributed by atoms with Crippen LogP contribution in [0.25, 0.3) is 0 Å². The average molecular weight is 312 g/mol. The molecule has 0 saturated heterocycles. The number of halogens is 3. The summed E-state index contributed by atoms with van der Waals surface area (Å²) >= 11 is 0. The third-order valence-corrected chi connectivity index (χ3v) is 3.08. The molecule has 0 aliphatic heterocycles. The van der Waals surface area contributed by atoms with E-state index in [0.717, 1.165) is 25.0 Å². The number of benzene rings is 1. The number of hydrogen-bond donors (Lipinski definition) is 0. The number of ether oxygens (including phenoxy) is 1. The molecule has 0 aliphatic rings. The first-order valence-corrected chi connectivity index (χ1v) is 6.88. The fraction of sp³-hybridized carbons (Fsp3) is 0.571. The monoisotopic (exact) mass is 312 g/mol. The molecule has 1 rings (SSSR count). The summed E-state index contributed by atoms with van der Waals surface area (Å²) in [6, 6.07) is 3.68. The fourth-order valence-corrected chi connectivity index (χ4v) is 1.93. The Kier molecular flexibility index (Phi) is 10.5. The minimum atomic E-state index is -4.92. The normalized spacial score (nSPS) is 11.1. The topological polar surface area (TPSA) is 9.23 Å². The average Bonchev–Trinajstić information content (AvgIpc) is 2.34. The molecule has 6 heteroatoms. The van der Waals surface area contributed by atoms with Gasteiger partial charge in [-0.2, -0.15) is 0 Å². The summed E-state index contributed by atoms with van der Waals surface area (Å²) in [6.45, 7) is -0.545. The maximum absolute atomic E-state index is 12.5. The molecule has 0 spiro atoms. The van der Waals surface area contributed by atoms with Gasteiger partial charge in [-0.25, -0.2) is 0 Å². The van der Waals surface area contributed by atoms with Crippen LogP contribution in [-0.2, 0) is 0 Å². The van der Waals surface area contributed by atoms with E-state index in [1.165, 1.54) is 25.3 Å². The summed E-state index contributed by atoms with van der Waals surface area (Å²) in [7, 11) is 0. The second kappa shape index (κ2) is 10.3. The molecule has 0 unspecified atom stereocenters. The molecule has 1 nitrogen and oxygen atoms in total. The predicted molar refractivity (Wildman–Crippen MR) is 74.1 cm³/mol. The molecule has 20 heavy (non-hydrogen) atoms. The van der Waals surface area contributed by atoms with Crippen LogP contribution in [0.1, 0.15) is 44.6 Å². The van der Waals surface area contributed by atoms with Crippen molar-refractivity contribution in [3.05, 3.63) is 23.8 Å². The first-order valence-electron chi connectivity index (χ1n) is 6.88. The zero-order valence-corrected chi connectivity index (χ0v) is 15.7. The van der Waals surface area contributed by atoms with Crippen molar-refractivity contribution in [1.82, 2.24) is 0 Å². The molecule has 1 aromatic carbocycles. The summed E-state index contributed by atoms with van der Waals surface area (Å²) in [4.78, 5) is 0. The van der Waals surface area contributed by atoms with Gasteiger partial charge in [-0.1, -0.05) is 44.7 Å². The van der Waals surface area contributed by atoms with Crippen molar-refractivity contribution in [2.75, 3.05) is 6.61 Å². The SMILES string of the molecule is CCCCCCCOc1ccc([B-](F)(F)F)cc1C.[K+]. The van der Waals surface area contributed by atoms with Crippen LogP contribution in [-0.4, -0.2) is 13.6 Å². The molecule has 0 bridgehead atoms. The van der Waals surface area contributed by atoms with E-state index in [9.17, 15) is 12.9 Å². The number of unbranched alkanes of at least 4 members (excludes halogenated alkanes) is 4. The van der Waals surface area contributed by atoms with Gasteiger partial charge in [0.05, 0.1) is 6.61 Å². The van der Waals surface area contributed by atoms with Gasteiger partial charge < -0.3 is 17.7 Å². The van der Waals surface area contributed by atoms with E-state index in [0.29, 0.717) is 17.9 Å². The second-order valence-electron chi connectivity index (χ2n) is 4.86. The van der Waals surface area contributed by atoms with Gasteiger partial charge in [0.1, 0.15) is 5.75 Å². The number of aryl methyl sites for hydroxylation is 1. The number of hydrogen-bond acceptors (Lipinski definition) is 1. The predicted octanol–water partition coefficient (Wildman–Crippen LogP) is 1.40. The molecule has 0 aliphatic carbocycles. The minimum absolute atomic E-state index is 0. The van der Waals surface area contributed by atoms with Crippen LogP contribution in [0.3, 0.4) is 0 Å². The molecule has 0 fully saturated rings. The van der Waals surface area contributed by atoms with Crippen molar-refractivity contribution in [3.63, 3.8) is 0 Å². The summed E-state index contributed by atoms with van der Waals surface area (Å²) < 4.78 is 43.2. The Bertz CT molecular complexity index is 396. The van der Waals surface area contributed by atoms with E-state index in [4.69, 9.17) is 4.74 Å². The maximum Gasteiger partial charge on any atom is 1.00 e. The molecular formula is C14H21BF3KO. The third-order valence-electron chi connectivity index (χ3n) is 3.08. The molecule has 0 saturated carbocycles. The van der Waals surface area contributed by atoms with Crippen LogP contribution >= 0.6 is 0 Å². The van der Waals surface area contributed by atoms with Gasteiger partial charge in [-0.15, -0.1) is 5.46 Å². The van der Waals surface area contributed by atoms with Crippen LogP contribution < -0.4 is 61.6 Å². The van der Waals surface area contributed by atoms with E-state index < -0.39 is 12.4 Å². The van der Waals surface area contributed by atoms with E-state index in [-0.39, 0.29) is 51.4 Å². The van der Waals surface area contributed by atoms with Crippen LogP contribution in [0.2, 0.25) is 0 Å². The van der Waals surface area contributed by atoms with Gasteiger partial charge in [-0.05, 0) is 25.0 Å². The molecule has 0 atom stereocenters. The Balaban J connectivity index is 0.00000361. The van der Waals surface area contributed by atoms with Gasteiger partial charge >= 0.3 is 58.4 Å². The zero-order chi connectivity index (χ0) is 14.3. The summed E-state index contributed by atoms with van der Waals surface area (Å²) in [6.07, 6.45) is 5.66. The van der Waals surface area contributed by atoms with Crippen LogP contribution in [0.4, 0.5) is 12.9 Å². The molecule has 0 radical (unpaired) electrons. The van der Waals surface area contributed by atoms with E-state index in [2.05, 4.69) is 6.92 Å². The van der Waals surface area contributed by atoms with Gasteiger partial charge in [0, 0.05) is 0 Å². The minimum Gasteiger partial charge on any atom is -0.493 e. The van der Waals surface area contributed by atoms with Crippen LogP contribution in [0.5, 0.6) is 5.75 Å². The Hall–Kier alpha value is 0.511. The quantitative estimate of drug-likeness (QED) is 0.521. The fourth-order valence-electron chi connectivity index (χ4n) is 1.93. The first kappa shape index (κ1) is 20.5. The zero-order valence-electron chi connectivity index (χ0n) is 12.6. The van der Waals surface area contributed by atoms with Crippen LogP contribution in [0.15, 0.2) is 18.2 Å². The van der Waals surface area contributed by atoms with Crippen molar-refractivity contribution in [2.45, 2.75) is 46.0 Å². The van der Waals surface area contributed by atoms with E-state index >= 15 is 0 Å². The summed E-state index contributed by atoms with van der Waals surface area (Å²) in [5.41, 5.74) is -0.0157. The molecule has 1 aromatic rings. The Labute approximate surface area is 162 Å². The third kappa shape index (κ3) is 7.50. The van der Waals surface area contributed by atoms with Crippen molar-refractivity contribution in [3.8, 4) is 5.75 Å². The maximum atomic E-state index is 12.5. The van der Waals surface area contributed by atoms with Gasteiger partial charge in [0.25, 0.3) is 0 Å². The second-order valence-corrected chi connectivity index (χ2v) is 4.86. The van der Waals surface area contributed by atoms with Crippen molar-refractivity contribution in [1.29, 1.82) is 0 Å². The first-order chi connectivity index (χ1) is 8.95. The van der Waals surface area contributed by atoms with Gasteiger partial charge in [0.15, 0.2) is 0 Å². The molecular weight excluding hydrogens is 291 g/mol. The largest absolute Gasteiger partial charge is 1.00 e. The number of rotatable bonds is 8. The van der Waals surface area contributed by atoms with Gasteiger partial charge in [-0.3, -0.25) is 0 Å². The van der Waals surface area contributed by atoms with Crippen LogP contribution in [0, 0.1) is 6.92 Å². The van der Waals surface area contributed by atoms with Crippen molar-refractivity contribution < 1.29 is 69.1 Å². The summed E-state index contributed by atoms with van der Waals surface area (Å²) in [5, 5.41) is 0. The Morgan fingerprint density at radius 2 is 1.70 bits per heavy atom. The summed E-state index contributed by atoms with van der Waals surface area (Å²) in [5.74, 6) is 0.555. The standard InChI is InChI=1S/C14H21BF3O.K/c1-3-4-5-6-7-10-19-14-9-8-13(11-12(14)2)15(16,17)18;/h8-9,11H,3-7,10H2,1-2H3;/q-1;+1. The van der Waals surface area contributed by atoms with Gasteiger partial charge in [0.2, 0.25) is 0 Å². The van der Waals surface area contributed by atoms with E-state index in [1.54, 1.807) is 6.92 Å². The molecule has 0 amide bonds. The van der Waals surface area contributed by atoms with Crippen molar-refractivity contribution >= 4 is 12.4 Å². The molecule has 0 heterocycles. The van der Waals surface area contributed by atoms with Crippen molar-refractivity contribution in [2.24, 2.45) is 0 Å². The Morgan fingerprint density at radius 1 is 1.05 bits per heavy atom. The molecule has 0 aromatic heterocycles. The molecule has 108 valence electrons.